The molecule has 0 spiro atoms. The highest BCUT2D eigenvalue weighted by molar-refractivity contribution is 5.66. The Morgan fingerprint density at radius 3 is 2.30 bits per heavy atom. The van der Waals surface area contributed by atoms with Gasteiger partial charge in [-0.05, 0) is 6.42 Å². The summed E-state index contributed by atoms with van der Waals surface area (Å²) in [5.41, 5.74) is 0. The van der Waals surface area contributed by atoms with Crippen molar-refractivity contribution >= 4 is 5.97 Å². The summed E-state index contributed by atoms with van der Waals surface area (Å²) in [6.07, 6.45) is 5.88. The van der Waals surface area contributed by atoms with Crippen LogP contribution in [0.15, 0.2) is 0 Å². The molecule has 0 aliphatic carbocycles. The molecule has 0 amide bonds. The lowest BCUT2D eigenvalue weighted by Crippen LogP contribution is -1.93. The standard InChI is InChI=1S/C8H16O2/c1-2-3-4-5-6-7-8(9)10/h2-7H2,1H3,(H,9,10)/i8+1. The number of aliphatic carboxylic acids is 1. The molecule has 0 aromatic carbocycles. The molecule has 0 aliphatic heterocycles. The normalized spacial score (nSPS) is 9.70. The fourth-order valence-corrected chi connectivity index (χ4v) is 0.880. The van der Waals surface area contributed by atoms with Crippen LogP contribution in [0.25, 0.3) is 0 Å². The average molecular weight is 145 g/mol. The maximum atomic E-state index is 10.0. The van der Waals surface area contributed by atoms with Gasteiger partial charge >= 0.3 is 5.97 Å². The number of carboxylic acid groups (broad SMARTS) is 1. The lowest BCUT2D eigenvalue weighted by atomic mass is 10.1. The smallest absolute Gasteiger partial charge is 0.303 e. The minimum Gasteiger partial charge on any atom is -0.481 e. The van der Waals surface area contributed by atoms with Gasteiger partial charge in [0.25, 0.3) is 0 Å². The van der Waals surface area contributed by atoms with E-state index in [4.69, 9.17) is 5.11 Å². The largest absolute Gasteiger partial charge is 0.481 e. The van der Waals surface area contributed by atoms with E-state index in [1.165, 1.54) is 19.3 Å². The molecule has 60 valence electrons. The van der Waals surface area contributed by atoms with Crippen molar-refractivity contribution in [2.75, 3.05) is 0 Å². The number of unbranched alkanes of at least 4 members (excludes halogenated alkanes) is 4. The van der Waals surface area contributed by atoms with Crippen molar-refractivity contribution in [3.05, 3.63) is 0 Å². The molecule has 0 aliphatic rings. The first-order valence-electron chi connectivity index (χ1n) is 3.99. The van der Waals surface area contributed by atoms with Gasteiger partial charge in [-0.2, -0.15) is 0 Å². The van der Waals surface area contributed by atoms with Crippen LogP contribution in [-0.2, 0) is 4.79 Å². The zero-order valence-corrected chi connectivity index (χ0v) is 6.60. The minimum atomic E-state index is -0.670. The second-order valence-electron chi connectivity index (χ2n) is 2.56. The molecule has 0 rings (SSSR count). The van der Waals surface area contributed by atoms with Crippen LogP contribution < -0.4 is 0 Å². The molecule has 0 aromatic rings. The summed E-state index contributed by atoms with van der Waals surface area (Å²) >= 11 is 0. The van der Waals surface area contributed by atoms with Gasteiger partial charge in [-0.3, -0.25) is 4.79 Å². The Kier molecular flexibility index (Phi) is 6.24. The molecular weight excluding hydrogens is 129 g/mol. The topological polar surface area (TPSA) is 37.3 Å². The van der Waals surface area contributed by atoms with Crippen LogP contribution in [0.3, 0.4) is 0 Å². The van der Waals surface area contributed by atoms with Crippen molar-refractivity contribution in [3.8, 4) is 0 Å². The van der Waals surface area contributed by atoms with Crippen molar-refractivity contribution in [2.45, 2.75) is 45.4 Å². The lowest BCUT2D eigenvalue weighted by Gasteiger charge is -1.95. The highest BCUT2D eigenvalue weighted by Crippen LogP contribution is 2.04. The molecule has 0 radical (unpaired) electrons. The first-order valence-corrected chi connectivity index (χ1v) is 3.99. The number of hydrogen-bond acceptors (Lipinski definition) is 1. The Balaban J connectivity index is 2.84. The van der Waals surface area contributed by atoms with Crippen molar-refractivity contribution in [3.63, 3.8) is 0 Å². The SMILES string of the molecule is CCCCCCC[13C](=O)O. The molecule has 0 bridgehead atoms. The van der Waals surface area contributed by atoms with Crippen LogP contribution in [0, 0.1) is 0 Å². The molecule has 2 heteroatoms. The van der Waals surface area contributed by atoms with Gasteiger partial charge in [0.05, 0.1) is 0 Å². The molecule has 0 aromatic heterocycles. The monoisotopic (exact) mass is 145 g/mol. The second kappa shape index (κ2) is 6.59. The van der Waals surface area contributed by atoms with E-state index in [0.717, 1.165) is 12.8 Å². The molecule has 0 atom stereocenters. The zero-order chi connectivity index (χ0) is 7.82. The fourth-order valence-electron chi connectivity index (χ4n) is 0.880. The molecule has 10 heavy (non-hydrogen) atoms. The summed E-state index contributed by atoms with van der Waals surface area (Å²) in [5, 5.41) is 8.27. The molecular formula is C8H16O2. The van der Waals surface area contributed by atoms with Gasteiger partial charge < -0.3 is 5.11 Å². The Hall–Kier alpha value is -0.530. The maximum Gasteiger partial charge on any atom is 0.303 e. The van der Waals surface area contributed by atoms with E-state index in [0.29, 0.717) is 6.42 Å². The lowest BCUT2D eigenvalue weighted by molar-refractivity contribution is -0.137. The van der Waals surface area contributed by atoms with Crippen molar-refractivity contribution in [2.24, 2.45) is 0 Å². The van der Waals surface area contributed by atoms with Crippen LogP contribution >= 0.6 is 0 Å². The highest BCUT2D eigenvalue weighted by Gasteiger charge is 1.94. The Morgan fingerprint density at radius 2 is 1.80 bits per heavy atom. The summed E-state index contributed by atoms with van der Waals surface area (Å²) in [7, 11) is 0. The van der Waals surface area contributed by atoms with E-state index < -0.39 is 5.97 Å². The first kappa shape index (κ1) is 9.47. The molecule has 0 unspecified atom stereocenters. The van der Waals surface area contributed by atoms with Gasteiger partial charge in [0.1, 0.15) is 0 Å². The van der Waals surface area contributed by atoms with Crippen LogP contribution in [0.5, 0.6) is 0 Å². The molecule has 0 saturated heterocycles. The van der Waals surface area contributed by atoms with Crippen LogP contribution in [0.4, 0.5) is 0 Å². The van der Waals surface area contributed by atoms with Gasteiger partial charge in [0, 0.05) is 6.42 Å². The summed E-state index contributed by atoms with van der Waals surface area (Å²) in [6, 6.07) is 0. The summed E-state index contributed by atoms with van der Waals surface area (Å²) in [5.74, 6) is -0.670. The quantitative estimate of drug-likeness (QED) is 0.460. The fraction of sp³-hybridized carbons (Fsp3) is 0.875. The third-order valence-corrected chi connectivity index (χ3v) is 1.49. The van der Waals surface area contributed by atoms with E-state index in [1.54, 1.807) is 0 Å². The predicted molar refractivity (Wildman–Crippen MR) is 41.0 cm³/mol. The van der Waals surface area contributed by atoms with Crippen LogP contribution in [0.1, 0.15) is 45.4 Å². The second-order valence-corrected chi connectivity index (χ2v) is 2.56. The molecule has 0 saturated carbocycles. The van der Waals surface area contributed by atoms with Gasteiger partial charge in [0.15, 0.2) is 0 Å². The number of carbonyl (C=O) groups is 1. The van der Waals surface area contributed by atoms with E-state index in [-0.39, 0.29) is 0 Å². The van der Waals surface area contributed by atoms with Crippen molar-refractivity contribution in [1.29, 1.82) is 0 Å². The van der Waals surface area contributed by atoms with E-state index in [1.807, 2.05) is 0 Å². The first-order chi connectivity index (χ1) is 4.77. The van der Waals surface area contributed by atoms with Gasteiger partial charge in [-0.15, -0.1) is 0 Å². The van der Waals surface area contributed by atoms with Gasteiger partial charge in [-0.1, -0.05) is 32.6 Å². The molecule has 2 nitrogen and oxygen atoms in total. The Morgan fingerprint density at radius 1 is 1.20 bits per heavy atom. The zero-order valence-electron chi connectivity index (χ0n) is 6.60. The Bertz CT molecular complexity index is 89.3. The predicted octanol–water partition coefficient (Wildman–Crippen LogP) is 2.43. The minimum absolute atomic E-state index is 0.337. The number of rotatable bonds is 6. The molecule has 0 fully saturated rings. The van der Waals surface area contributed by atoms with E-state index in [9.17, 15) is 4.79 Å². The molecule has 1 N–H and O–H groups in total. The maximum absolute atomic E-state index is 10.0. The Labute approximate surface area is 62.2 Å². The summed E-state index contributed by atoms with van der Waals surface area (Å²) in [4.78, 5) is 10.0. The number of carboxylic acids is 1. The van der Waals surface area contributed by atoms with E-state index in [2.05, 4.69) is 6.92 Å². The van der Waals surface area contributed by atoms with Gasteiger partial charge in [-0.25, -0.2) is 0 Å². The average Bonchev–Trinajstić information content (AvgIpc) is 1.87. The van der Waals surface area contributed by atoms with Crippen molar-refractivity contribution < 1.29 is 9.90 Å². The van der Waals surface area contributed by atoms with Crippen LogP contribution in [0.2, 0.25) is 0 Å². The third kappa shape index (κ3) is 7.47. The highest BCUT2D eigenvalue weighted by atomic mass is 16.5. The number of hydrogen-bond donors (Lipinski definition) is 1. The third-order valence-electron chi connectivity index (χ3n) is 1.49. The summed E-state index contributed by atoms with van der Waals surface area (Å²) in [6.45, 7) is 2.15. The van der Waals surface area contributed by atoms with E-state index >= 15 is 0 Å². The summed E-state index contributed by atoms with van der Waals surface area (Å²) < 4.78 is 0. The van der Waals surface area contributed by atoms with Crippen molar-refractivity contribution in [1.82, 2.24) is 0 Å². The van der Waals surface area contributed by atoms with Gasteiger partial charge in [0.2, 0.25) is 0 Å². The van der Waals surface area contributed by atoms with Crippen LogP contribution in [-0.4, -0.2) is 11.1 Å². The molecule has 0 heterocycles.